The topological polar surface area (TPSA) is 92.8 Å². The molecule has 4 N–H and O–H groups in total. The molecule has 0 amide bonds. The van der Waals surface area contributed by atoms with E-state index >= 15 is 0 Å². The Balaban J connectivity index is 1.79. The van der Waals surface area contributed by atoms with Gasteiger partial charge in [-0.15, -0.1) is 0 Å². The summed E-state index contributed by atoms with van der Waals surface area (Å²) in [5, 5.41) is 11.9. The molecule has 0 bridgehead atoms. The van der Waals surface area contributed by atoms with Gasteiger partial charge in [0.05, 0.1) is 25.4 Å². The van der Waals surface area contributed by atoms with Gasteiger partial charge < -0.3 is 20.9 Å². The van der Waals surface area contributed by atoms with E-state index in [1.807, 2.05) is 18.2 Å². The highest BCUT2D eigenvalue weighted by Crippen LogP contribution is 2.19. The van der Waals surface area contributed by atoms with E-state index in [4.69, 9.17) is 15.6 Å². The third-order valence-corrected chi connectivity index (χ3v) is 2.79. The maximum Gasteiger partial charge on any atom is 0.194 e. The standard InChI is InChI=1S/C12H18N4O2/c13-12(16-11-3-1-2-6-14-11)15-7-9-4-5-10(8-17)18-9/h1-3,6,9-10,17H,4-5,7-8H2,(H3,13,14,15,16)/t9-,10+/m1/s1. The number of aliphatic hydroxyl groups is 1. The molecule has 1 aliphatic rings. The van der Waals surface area contributed by atoms with Crippen LogP contribution in [0.5, 0.6) is 0 Å². The first kappa shape index (κ1) is 12.8. The highest BCUT2D eigenvalue weighted by atomic mass is 16.5. The number of hydrogen-bond donors (Lipinski definition) is 3. The third kappa shape index (κ3) is 3.68. The normalized spacial score (nSPS) is 24.2. The fraction of sp³-hybridized carbons (Fsp3) is 0.500. The molecule has 1 aromatic heterocycles. The summed E-state index contributed by atoms with van der Waals surface area (Å²) in [6, 6.07) is 5.52. The molecule has 0 radical (unpaired) electrons. The van der Waals surface area contributed by atoms with Gasteiger partial charge in [0.15, 0.2) is 5.96 Å². The van der Waals surface area contributed by atoms with Gasteiger partial charge in [-0.25, -0.2) is 4.98 Å². The van der Waals surface area contributed by atoms with Gasteiger partial charge in [-0.3, -0.25) is 4.99 Å². The summed E-state index contributed by atoms with van der Waals surface area (Å²) >= 11 is 0. The number of aromatic nitrogens is 1. The molecule has 98 valence electrons. The van der Waals surface area contributed by atoms with Crippen LogP contribution in [0.1, 0.15) is 12.8 Å². The van der Waals surface area contributed by atoms with Crippen LogP contribution in [0, 0.1) is 0 Å². The van der Waals surface area contributed by atoms with Crippen molar-refractivity contribution in [3.63, 3.8) is 0 Å². The Bertz CT molecular complexity index is 396. The molecule has 0 aliphatic carbocycles. The number of aliphatic hydroxyl groups excluding tert-OH is 1. The zero-order valence-corrected chi connectivity index (χ0v) is 10.1. The summed E-state index contributed by atoms with van der Waals surface area (Å²) in [4.78, 5) is 8.29. The number of pyridine rings is 1. The molecular formula is C12H18N4O2. The number of aliphatic imine (C=N–C) groups is 1. The predicted molar refractivity (Wildman–Crippen MR) is 69.3 cm³/mol. The van der Waals surface area contributed by atoms with Crippen LogP contribution in [0.3, 0.4) is 0 Å². The van der Waals surface area contributed by atoms with Crippen LogP contribution in [0.4, 0.5) is 5.82 Å². The minimum Gasteiger partial charge on any atom is -0.394 e. The first-order chi connectivity index (χ1) is 8.78. The Labute approximate surface area is 106 Å². The average Bonchev–Trinajstić information content (AvgIpc) is 2.85. The van der Waals surface area contributed by atoms with Crippen LogP contribution < -0.4 is 11.1 Å². The number of nitrogens with one attached hydrogen (secondary N) is 1. The smallest absolute Gasteiger partial charge is 0.194 e. The Morgan fingerprint density at radius 1 is 1.50 bits per heavy atom. The molecule has 6 heteroatoms. The maximum absolute atomic E-state index is 8.95. The van der Waals surface area contributed by atoms with Crippen molar-refractivity contribution >= 4 is 11.8 Å². The first-order valence-electron chi connectivity index (χ1n) is 6.02. The highest BCUT2D eigenvalue weighted by Gasteiger charge is 2.24. The van der Waals surface area contributed by atoms with Crippen molar-refractivity contribution in [1.29, 1.82) is 0 Å². The monoisotopic (exact) mass is 250 g/mol. The van der Waals surface area contributed by atoms with Gasteiger partial charge in [-0.05, 0) is 25.0 Å². The van der Waals surface area contributed by atoms with Gasteiger partial charge in [-0.1, -0.05) is 6.07 Å². The summed E-state index contributed by atoms with van der Waals surface area (Å²) in [5.74, 6) is 0.990. The molecule has 0 aromatic carbocycles. The molecule has 1 saturated heterocycles. The number of nitrogens with two attached hydrogens (primary N) is 1. The Hall–Kier alpha value is -1.66. The van der Waals surface area contributed by atoms with E-state index in [9.17, 15) is 0 Å². The van der Waals surface area contributed by atoms with Crippen molar-refractivity contribution < 1.29 is 9.84 Å². The van der Waals surface area contributed by atoms with Gasteiger partial charge >= 0.3 is 0 Å². The van der Waals surface area contributed by atoms with E-state index in [1.54, 1.807) is 6.20 Å². The van der Waals surface area contributed by atoms with Crippen molar-refractivity contribution in [2.75, 3.05) is 18.5 Å². The lowest BCUT2D eigenvalue weighted by Gasteiger charge is -2.10. The number of anilines is 1. The summed E-state index contributed by atoms with van der Waals surface area (Å²) < 4.78 is 5.56. The molecule has 0 spiro atoms. The van der Waals surface area contributed by atoms with Crippen LogP contribution in [-0.4, -0.2) is 41.4 Å². The van der Waals surface area contributed by atoms with E-state index in [0.717, 1.165) is 12.8 Å². The van der Waals surface area contributed by atoms with Crippen LogP contribution in [-0.2, 0) is 4.74 Å². The van der Waals surface area contributed by atoms with Crippen molar-refractivity contribution in [2.24, 2.45) is 10.7 Å². The summed E-state index contributed by atoms with van der Waals surface area (Å²) in [6.45, 7) is 0.573. The Kier molecular flexibility index (Phi) is 4.49. The third-order valence-electron chi connectivity index (χ3n) is 2.79. The molecule has 0 unspecified atom stereocenters. The Morgan fingerprint density at radius 2 is 2.33 bits per heavy atom. The fourth-order valence-corrected chi connectivity index (χ4v) is 1.86. The molecule has 2 atom stereocenters. The molecular weight excluding hydrogens is 232 g/mol. The SMILES string of the molecule is NC(=NC[C@H]1CC[C@@H](CO)O1)Nc1ccccn1. The largest absolute Gasteiger partial charge is 0.394 e. The highest BCUT2D eigenvalue weighted by molar-refractivity contribution is 5.91. The van der Waals surface area contributed by atoms with Gasteiger partial charge in [0.1, 0.15) is 5.82 Å². The first-order valence-corrected chi connectivity index (χ1v) is 6.02. The number of guanidine groups is 1. The second kappa shape index (κ2) is 6.32. The molecule has 2 heterocycles. The number of rotatable bonds is 4. The quantitative estimate of drug-likeness (QED) is 0.529. The van der Waals surface area contributed by atoms with Gasteiger partial charge in [0.2, 0.25) is 0 Å². The van der Waals surface area contributed by atoms with Crippen LogP contribution in [0.25, 0.3) is 0 Å². The second-order valence-electron chi connectivity index (χ2n) is 4.21. The molecule has 1 aromatic rings. The van der Waals surface area contributed by atoms with Gasteiger partial charge in [0, 0.05) is 6.20 Å². The molecule has 1 fully saturated rings. The molecule has 18 heavy (non-hydrogen) atoms. The van der Waals surface area contributed by atoms with Crippen molar-refractivity contribution in [2.45, 2.75) is 25.0 Å². The van der Waals surface area contributed by atoms with E-state index in [1.165, 1.54) is 0 Å². The Morgan fingerprint density at radius 3 is 3.00 bits per heavy atom. The molecule has 1 aliphatic heterocycles. The lowest BCUT2D eigenvalue weighted by molar-refractivity contribution is 0.0160. The minimum atomic E-state index is -0.0461. The zero-order valence-electron chi connectivity index (χ0n) is 10.1. The van der Waals surface area contributed by atoms with Crippen molar-refractivity contribution in [3.05, 3.63) is 24.4 Å². The molecule has 2 rings (SSSR count). The lowest BCUT2D eigenvalue weighted by atomic mass is 10.2. The van der Waals surface area contributed by atoms with Crippen molar-refractivity contribution in [1.82, 2.24) is 4.98 Å². The van der Waals surface area contributed by atoms with Crippen molar-refractivity contribution in [3.8, 4) is 0 Å². The van der Waals surface area contributed by atoms with E-state index in [2.05, 4.69) is 15.3 Å². The van der Waals surface area contributed by atoms with Gasteiger partial charge in [-0.2, -0.15) is 0 Å². The number of hydrogen-bond acceptors (Lipinski definition) is 4. The van der Waals surface area contributed by atoms with Crippen LogP contribution >= 0.6 is 0 Å². The van der Waals surface area contributed by atoms with E-state index < -0.39 is 0 Å². The average molecular weight is 250 g/mol. The summed E-state index contributed by atoms with van der Waals surface area (Å²) in [6.07, 6.45) is 3.47. The van der Waals surface area contributed by atoms with Crippen LogP contribution in [0.2, 0.25) is 0 Å². The predicted octanol–water partition coefficient (Wildman–Crippen LogP) is 0.348. The molecule has 6 nitrogen and oxygen atoms in total. The fourth-order valence-electron chi connectivity index (χ4n) is 1.86. The number of ether oxygens (including phenoxy) is 1. The van der Waals surface area contributed by atoms with E-state index in [0.29, 0.717) is 18.3 Å². The van der Waals surface area contributed by atoms with Crippen LogP contribution in [0.15, 0.2) is 29.4 Å². The summed E-state index contributed by atoms with van der Waals surface area (Å²) in [5.41, 5.74) is 5.74. The van der Waals surface area contributed by atoms with Gasteiger partial charge in [0.25, 0.3) is 0 Å². The lowest BCUT2D eigenvalue weighted by Crippen LogP contribution is -2.25. The molecule has 0 saturated carbocycles. The zero-order chi connectivity index (χ0) is 12.8. The minimum absolute atomic E-state index is 0.0461. The van der Waals surface area contributed by atoms with E-state index in [-0.39, 0.29) is 18.8 Å². The second-order valence-corrected chi connectivity index (χ2v) is 4.21. The summed E-state index contributed by atoms with van der Waals surface area (Å²) in [7, 11) is 0. The number of nitrogens with zero attached hydrogens (tertiary/aromatic N) is 2. The maximum atomic E-state index is 8.95.